The van der Waals surface area contributed by atoms with E-state index in [-0.39, 0.29) is 0 Å². The third kappa shape index (κ3) is 12.2. The lowest BCUT2D eigenvalue weighted by Gasteiger charge is -2.17. The molecular formula is C16H34O. The molecular weight excluding hydrogens is 208 g/mol. The van der Waals surface area contributed by atoms with Gasteiger partial charge in [0.2, 0.25) is 0 Å². The van der Waals surface area contributed by atoms with Crippen molar-refractivity contribution in [3.63, 3.8) is 0 Å². The Balaban J connectivity index is 3.41. The standard InChI is InChI=1S/C16H34O/c1-4-7-9-10-11-12-14-16(13-6-3)17-15-8-5-2/h16H,4-15H2,1-3H3. The van der Waals surface area contributed by atoms with Crippen LogP contribution in [0.5, 0.6) is 0 Å². The zero-order valence-electron chi connectivity index (χ0n) is 12.5. The van der Waals surface area contributed by atoms with Gasteiger partial charge in [0.25, 0.3) is 0 Å². The van der Waals surface area contributed by atoms with Gasteiger partial charge in [-0.2, -0.15) is 0 Å². The molecule has 0 heterocycles. The van der Waals surface area contributed by atoms with Gasteiger partial charge < -0.3 is 4.74 Å². The maximum Gasteiger partial charge on any atom is 0.0575 e. The molecule has 104 valence electrons. The van der Waals surface area contributed by atoms with E-state index in [1.165, 1.54) is 70.6 Å². The average Bonchev–Trinajstić information content (AvgIpc) is 2.34. The van der Waals surface area contributed by atoms with Crippen molar-refractivity contribution in [2.24, 2.45) is 0 Å². The van der Waals surface area contributed by atoms with Crippen LogP contribution in [0.25, 0.3) is 0 Å². The van der Waals surface area contributed by atoms with Crippen molar-refractivity contribution in [3.8, 4) is 0 Å². The second kappa shape index (κ2) is 14.0. The van der Waals surface area contributed by atoms with Gasteiger partial charge in [-0.15, -0.1) is 0 Å². The number of rotatable bonds is 13. The zero-order chi connectivity index (χ0) is 12.8. The van der Waals surface area contributed by atoms with Gasteiger partial charge in [0.1, 0.15) is 0 Å². The first kappa shape index (κ1) is 17.0. The van der Waals surface area contributed by atoms with Crippen LogP contribution < -0.4 is 0 Å². The molecule has 0 aromatic rings. The van der Waals surface area contributed by atoms with Crippen molar-refractivity contribution in [1.29, 1.82) is 0 Å². The summed E-state index contributed by atoms with van der Waals surface area (Å²) in [5.41, 5.74) is 0. The summed E-state index contributed by atoms with van der Waals surface area (Å²) in [5, 5.41) is 0. The monoisotopic (exact) mass is 242 g/mol. The summed E-state index contributed by atoms with van der Waals surface area (Å²) >= 11 is 0. The van der Waals surface area contributed by atoms with E-state index in [2.05, 4.69) is 20.8 Å². The van der Waals surface area contributed by atoms with Crippen LogP contribution in [0.1, 0.15) is 91.4 Å². The average molecular weight is 242 g/mol. The molecule has 1 nitrogen and oxygen atoms in total. The van der Waals surface area contributed by atoms with Crippen LogP contribution in [-0.2, 0) is 4.74 Å². The Morgan fingerprint density at radius 3 is 1.94 bits per heavy atom. The van der Waals surface area contributed by atoms with Crippen LogP contribution in [0.4, 0.5) is 0 Å². The molecule has 0 saturated heterocycles. The van der Waals surface area contributed by atoms with Gasteiger partial charge in [-0.1, -0.05) is 72.1 Å². The van der Waals surface area contributed by atoms with Gasteiger partial charge in [0, 0.05) is 6.61 Å². The molecule has 0 spiro atoms. The Morgan fingerprint density at radius 2 is 1.29 bits per heavy atom. The van der Waals surface area contributed by atoms with E-state index in [9.17, 15) is 0 Å². The van der Waals surface area contributed by atoms with E-state index in [1.54, 1.807) is 0 Å². The molecule has 0 rings (SSSR count). The molecule has 0 aliphatic rings. The van der Waals surface area contributed by atoms with E-state index in [1.807, 2.05) is 0 Å². The summed E-state index contributed by atoms with van der Waals surface area (Å²) in [6.45, 7) is 7.74. The van der Waals surface area contributed by atoms with Crippen molar-refractivity contribution < 1.29 is 4.74 Å². The quantitative estimate of drug-likeness (QED) is 0.375. The lowest BCUT2D eigenvalue weighted by atomic mass is 10.0. The molecule has 17 heavy (non-hydrogen) atoms. The largest absolute Gasteiger partial charge is 0.378 e. The molecule has 0 fully saturated rings. The lowest BCUT2D eigenvalue weighted by Crippen LogP contribution is -2.13. The Bertz CT molecular complexity index is 133. The van der Waals surface area contributed by atoms with Crippen LogP contribution in [0, 0.1) is 0 Å². The van der Waals surface area contributed by atoms with Crippen molar-refractivity contribution in [2.45, 2.75) is 97.5 Å². The van der Waals surface area contributed by atoms with Gasteiger partial charge in [-0.25, -0.2) is 0 Å². The van der Waals surface area contributed by atoms with E-state index >= 15 is 0 Å². The molecule has 0 saturated carbocycles. The summed E-state index contributed by atoms with van der Waals surface area (Å²) in [6, 6.07) is 0. The third-order valence-corrected chi connectivity index (χ3v) is 3.34. The minimum Gasteiger partial charge on any atom is -0.378 e. The topological polar surface area (TPSA) is 9.23 Å². The molecule has 1 atom stereocenters. The predicted octanol–water partition coefficient (Wildman–Crippen LogP) is 5.72. The Labute approximate surface area is 109 Å². The van der Waals surface area contributed by atoms with Crippen molar-refractivity contribution in [1.82, 2.24) is 0 Å². The van der Waals surface area contributed by atoms with E-state index in [4.69, 9.17) is 4.74 Å². The van der Waals surface area contributed by atoms with Crippen LogP contribution in [0.15, 0.2) is 0 Å². The number of hydrogen-bond donors (Lipinski definition) is 0. The van der Waals surface area contributed by atoms with Crippen LogP contribution in [0.2, 0.25) is 0 Å². The van der Waals surface area contributed by atoms with Gasteiger partial charge in [-0.3, -0.25) is 0 Å². The fraction of sp³-hybridized carbons (Fsp3) is 1.00. The molecule has 0 bridgehead atoms. The van der Waals surface area contributed by atoms with Crippen molar-refractivity contribution in [3.05, 3.63) is 0 Å². The molecule has 0 aliphatic carbocycles. The summed E-state index contributed by atoms with van der Waals surface area (Å²) < 4.78 is 5.95. The third-order valence-electron chi connectivity index (χ3n) is 3.34. The lowest BCUT2D eigenvalue weighted by molar-refractivity contribution is 0.0377. The van der Waals surface area contributed by atoms with Crippen LogP contribution in [0.3, 0.4) is 0 Å². The van der Waals surface area contributed by atoms with E-state index in [0.29, 0.717) is 6.10 Å². The molecule has 0 aromatic heterocycles. The van der Waals surface area contributed by atoms with Crippen molar-refractivity contribution in [2.75, 3.05) is 6.61 Å². The van der Waals surface area contributed by atoms with E-state index < -0.39 is 0 Å². The summed E-state index contributed by atoms with van der Waals surface area (Å²) in [6.07, 6.45) is 15.1. The molecule has 0 radical (unpaired) electrons. The fourth-order valence-corrected chi connectivity index (χ4v) is 2.18. The second-order valence-corrected chi connectivity index (χ2v) is 5.19. The minimum atomic E-state index is 0.540. The maximum atomic E-state index is 5.95. The Hall–Kier alpha value is -0.0400. The zero-order valence-corrected chi connectivity index (χ0v) is 12.5. The normalized spacial score (nSPS) is 12.9. The smallest absolute Gasteiger partial charge is 0.0575 e. The minimum absolute atomic E-state index is 0.540. The molecule has 0 N–H and O–H groups in total. The molecule has 0 aliphatic heterocycles. The molecule has 0 amide bonds. The highest BCUT2D eigenvalue weighted by Gasteiger charge is 2.07. The first-order valence-electron chi connectivity index (χ1n) is 7.96. The highest BCUT2D eigenvalue weighted by Crippen LogP contribution is 2.14. The van der Waals surface area contributed by atoms with Gasteiger partial charge >= 0.3 is 0 Å². The SMILES string of the molecule is CCCCCCCCC(CCC)OCCCC. The summed E-state index contributed by atoms with van der Waals surface area (Å²) in [7, 11) is 0. The van der Waals surface area contributed by atoms with Gasteiger partial charge in [0.05, 0.1) is 6.10 Å². The fourth-order valence-electron chi connectivity index (χ4n) is 2.18. The maximum absolute atomic E-state index is 5.95. The first-order valence-corrected chi connectivity index (χ1v) is 7.96. The Morgan fingerprint density at radius 1 is 0.647 bits per heavy atom. The van der Waals surface area contributed by atoms with E-state index in [0.717, 1.165) is 6.61 Å². The first-order chi connectivity index (χ1) is 8.35. The summed E-state index contributed by atoms with van der Waals surface area (Å²) in [5.74, 6) is 0. The van der Waals surface area contributed by atoms with Gasteiger partial charge in [0.15, 0.2) is 0 Å². The van der Waals surface area contributed by atoms with Gasteiger partial charge in [-0.05, 0) is 19.3 Å². The molecule has 1 heteroatoms. The van der Waals surface area contributed by atoms with Crippen molar-refractivity contribution >= 4 is 0 Å². The number of unbranched alkanes of at least 4 members (excludes halogenated alkanes) is 6. The summed E-state index contributed by atoms with van der Waals surface area (Å²) in [4.78, 5) is 0. The van der Waals surface area contributed by atoms with Crippen LogP contribution in [-0.4, -0.2) is 12.7 Å². The molecule has 1 unspecified atom stereocenters. The second-order valence-electron chi connectivity index (χ2n) is 5.19. The highest BCUT2D eigenvalue weighted by molar-refractivity contribution is 4.58. The van der Waals surface area contributed by atoms with Crippen LogP contribution >= 0.6 is 0 Å². The highest BCUT2D eigenvalue weighted by atomic mass is 16.5. The Kier molecular flexibility index (Phi) is 14.0. The predicted molar refractivity (Wildman–Crippen MR) is 77.5 cm³/mol. The number of ether oxygens (including phenoxy) is 1. The number of hydrogen-bond acceptors (Lipinski definition) is 1. The molecule has 0 aromatic carbocycles.